The van der Waals surface area contributed by atoms with Gasteiger partial charge in [-0.2, -0.15) is 4.57 Å². The Labute approximate surface area is 340 Å². The van der Waals surface area contributed by atoms with Gasteiger partial charge in [0.15, 0.2) is 6.54 Å². The van der Waals surface area contributed by atoms with Crippen molar-refractivity contribution in [3.63, 3.8) is 0 Å². The highest BCUT2D eigenvalue weighted by Gasteiger charge is 2.24. The molecule has 0 saturated carbocycles. The molecular formula is C52H49N2O2S+. The molecule has 9 rings (SSSR count). The third-order valence-corrected chi connectivity index (χ3v) is 12.8. The minimum atomic E-state index is -0.00688. The Hall–Kier alpha value is -5.75. The summed E-state index contributed by atoms with van der Waals surface area (Å²) < 4.78 is 16.7. The number of ether oxygens (including phenoxy) is 2. The molecule has 6 aromatic carbocycles. The molecule has 4 nitrogen and oxygen atoms in total. The van der Waals surface area contributed by atoms with Crippen molar-refractivity contribution in [1.29, 1.82) is 0 Å². The normalized spacial score (nSPS) is 16.5. The Balaban J connectivity index is 0.921. The molecule has 2 atom stereocenters. The zero-order valence-corrected chi connectivity index (χ0v) is 33.8. The standard InChI is InChI=1S/C52H49N2O2S/c1-36(22-24-42-28-29-53(48-35-38(3)37(2)34-46(42)48)30-32-55-49-20-10-15-39-12-4-7-17-43(39)49)23-27-51-54(47-26-25-41-14-6-9-19-45(41)52(47)57-51)31-33-56-50-21-11-16-40-13-5-8-18-44(40)50/h4-15,17-23,25-29,34-35,42,50H,16,24,30-33H2,1-3H3/q+1/b27-23+,36-22+. The highest BCUT2D eigenvalue weighted by Crippen LogP contribution is 2.38. The molecular weight excluding hydrogens is 717 g/mol. The lowest BCUT2D eigenvalue weighted by molar-refractivity contribution is -0.670. The van der Waals surface area contributed by atoms with Crippen molar-refractivity contribution >= 4 is 54.9 Å². The van der Waals surface area contributed by atoms with Gasteiger partial charge in [-0.3, -0.25) is 0 Å². The van der Waals surface area contributed by atoms with Gasteiger partial charge in [-0.25, -0.2) is 0 Å². The van der Waals surface area contributed by atoms with Crippen molar-refractivity contribution in [2.24, 2.45) is 0 Å². The molecule has 0 radical (unpaired) electrons. The van der Waals surface area contributed by atoms with Crippen LogP contribution in [0.25, 0.3) is 37.8 Å². The minimum absolute atomic E-state index is 0.00688. The molecule has 2 aliphatic rings. The molecule has 0 N–H and O–H groups in total. The van der Waals surface area contributed by atoms with E-state index >= 15 is 0 Å². The zero-order chi connectivity index (χ0) is 38.7. The highest BCUT2D eigenvalue weighted by atomic mass is 32.1. The average Bonchev–Trinajstić information content (AvgIpc) is 3.61. The van der Waals surface area contributed by atoms with E-state index in [1.54, 1.807) is 0 Å². The van der Waals surface area contributed by atoms with E-state index in [1.807, 2.05) is 11.3 Å². The SMILES string of the molecule is CC(/C=C/c1sc2c3ccccc3ccc2[n+]1CCOC1C=CCc2ccccc21)=C\CC1C=CN(CCOc2cccc3ccccc23)c2cc(C)c(C)cc21. The molecule has 284 valence electrons. The number of aromatic nitrogens is 1. The fourth-order valence-electron chi connectivity index (χ4n) is 8.34. The Kier molecular flexibility index (Phi) is 10.6. The molecule has 1 aliphatic carbocycles. The maximum Gasteiger partial charge on any atom is 0.262 e. The summed E-state index contributed by atoms with van der Waals surface area (Å²) in [5.41, 5.74) is 10.5. The molecule has 0 bridgehead atoms. The Morgan fingerprint density at radius 2 is 1.58 bits per heavy atom. The predicted molar refractivity (Wildman–Crippen MR) is 239 cm³/mol. The Morgan fingerprint density at radius 1 is 0.807 bits per heavy atom. The summed E-state index contributed by atoms with van der Waals surface area (Å²) in [6.45, 7) is 9.44. The van der Waals surface area contributed by atoms with E-state index in [0.29, 0.717) is 19.1 Å². The molecule has 57 heavy (non-hydrogen) atoms. The number of rotatable bonds is 12. The lowest BCUT2D eigenvalue weighted by atomic mass is 9.88. The van der Waals surface area contributed by atoms with Crippen LogP contribution in [0.2, 0.25) is 0 Å². The van der Waals surface area contributed by atoms with Crippen LogP contribution in [-0.2, 0) is 17.7 Å². The van der Waals surface area contributed by atoms with Crippen LogP contribution >= 0.6 is 11.3 Å². The summed E-state index contributed by atoms with van der Waals surface area (Å²) in [7, 11) is 0. The van der Waals surface area contributed by atoms with Crippen LogP contribution in [0.5, 0.6) is 5.75 Å². The molecule has 1 aliphatic heterocycles. The maximum absolute atomic E-state index is 6.56. The molecule has 0 spiro atoms. The molecule has 7 aromatic rings. The summed E-state index contributed by atoms with van der Waals surface area (Å²) in [4.78, 5) is 2.36. The van der Waals surface area contributed by atoms with Crippen LogP contribution in [0.3, 0.4) is 0 Å². The molecule has 0 saturated heterocycles. The number of nitrogens with zero attached hydrogens (tertiary/aromatic N) is 2. The lowest BCUT2D eigenvalue weighted by Crippen LogP contribution is -2.37. The smallest absolute Gasteiger partial charge is 0.262 e. The monoisotopic (exact) mass is 765 g/mol. The van der Waals surface area contributed by atoms with Crippen molar-refractivity contribution in [2.75, 3.05) is 24.7 Å². The molecule has 5 heteroatoms. The van der Waals surface area contributed by atoms with E-state index in [4.69, 9.17) is 9.47 Å². The van der Waals surface area contributed by atoms with Gasteiger partial charge in [-0.15, -0.1) is 0 Å². The zero-order valence-electron chi connectivity index (χ0n) is 33.0. The predicted octanol–water partition coefficient (Wildman–Crippen LogP) is 12.5. The number of hydrogen-bond acceptors (Lipinski definition) is 4. The lowest BCUT2D eigenvalue weighted by Gasteiger charge is -2.31. The van der Waals surface area contributed by atoms with E-state index < -0.39 is 0 Å². The van der Waals surface area contributed by atoms with Gasteiger partial charge in [-0.05, 0) is 90.4 Å². The molecule has 2 heterocycles. The number of anilines is 1. The summed E-state index contributed by atoms with van der Waals surface area (Å²) in [5.74, 6) is 1.24. The van der Waals surface area contributed by atoms with Crippen molar-refractivity contribution in [2.45, 2.75) is 52.2 Å². The highest BCUT2D eigenvalue weighted by molar-refractivity contribution is 7.19. The summed E-state index contributed by atoms with van der Waals surface area (Å²) in [6.07, 6.45) is 18.0. The molecule has 2 unspecified atom stereocenters. The quantitative estimate of drug-likeness (QED) is 0.0704. The van der Waals surface area contributed by atoms with Gasteiger partial charge in [0.2, 0.25) is 5.52 Å². The van der Waals surface area contributed by atoms with Crippen LogP contribution in [0.1, 0.15) is 58.2 Å². The van der Waals surface area contributed by atoms with Crippen LogP contribution in [0.4, 0.5) is 5.69 Å². The van der Waals surface area contributed by atoms with Crippen molar-refractivity contribution in [1.82, 2.24) is 0 Å². The first-order valence-electron chi connectivity index (χ1n) is 20.2. The van der Waals surface area contributed by atoms with Gasteiger partial charge in [-0.1, -0.05) is 138 Å². The number of thiazole rings is 1. The van der Waals surface area contributed by atoms with Gasteiger partial charge in [0, 0.05) is 40.7 Å². The van der Waals surface area contributed by atoms with E-state index in [1.165, 1.54) is 70.5 Å². The molecule has 0 amide bonds. The van der Waals surface area contributed by atoms with Crippen molar-refractivity contribution in [3.8, 4) is 5.75 Å². The first-order valence-corrected chi connectivity index (χ1v) is 21.0. The summed E-state index contributed by atoms with van der Waals surface area (Å²) in [5, 5.41) is 6.15. The third-order valence-electron chi connectivity index (χ3n) is 11.6. The molecule has 1 aromatic heterocycles. The number of aryl methyl sites for hydroxylation is 2. The van der Waals surface area contributed by atoms with Crippen LogP contribution in [-0.4, -0.2) is 19.8 Å². The second kappa shape index (κ2) is 16.4. The van der Waals surface area contributed by atoms with E-state index in [-0.39, 0.29) is 6.10 Å². The van der Waals surface area contributed by atoms with Crippen molar-refractivity contribution in [3.05, 3.63) is 190 Å². The Morgan fingerprint density at radius 3 is 2.47 bits per heavy atom. The van der Waals surface area contributed by atoms with Crippen LogP contribution < -0.4 is 14.2 Å². The fraction of sp³-hybridized carbons (Fsp3) is 0.212. The van der Waals surface area contributed by atoms with Gasteiger partial charge in [0.1, 0.15) is 29.8 Å². The number of allylic oxidation sites excluding steroid dienone is 5. The van der Waals surface area contributed by atoms with Crippen LogP contribution in [0, 0.1) is 13.8 Å². The minimum Gasteiger partial charge on any atom is -0.491 e. The second-order valence-corrected chi connectivity index (χ2v) is 16.4. The fourth-order valence-corrected chi connectivity index (χ4v) is 9.56. The van der Waals surface area contributed by atoms with Gasteiger partial charge < -0.3 is 14.4 Å². The first kappa shape index (κ1) is 36.9. The first-order chi connectivity index (χ1) is 28.0. The third kappa shape index (κ3) is 7.70. The second-order valence-electron chi connectivity index (χ2n) is 15.3. The van der Waals surface area contributed by atoms with E-state index in [0.717, 1.165) is 37.1 Å². The van der Waals surface area contributed by atoms with E-state index in [2.05, 4.69) is 188 Å². The topological polar surface area (TPSA) is 25.6 Å². The average molecular weight is 766 g/mol. The van der Waals surface area contributed by atoms with Crippen LogP contribution in [0.15, 0.2) is 157 Å². The summed E-state index contributed by atoms with van der Waals surface area (Å²) in [6, 6.07) is 41.3. The number of benzene rings is 6. The largest absolute Gasteiger partial charge is 0.491 e. The van der Waals surface area contributed by atoms with Gasteiger partial charge in [0.25, 0.3) is 5.01 Å². The van der Waals surface area contributed by atoms with E-state index in [9.17, 15) is 0 Å². The summed E-state index contributed by atoms with van der Waals surface area (Å²) >= 11 is 1.87. The number of fused-ring (bicyclic) bond motifs is 6. The maximum atomic E-state index is 6.56. The Bertz CT molecular complexity index is 2710. The van der Waals surface area contributed by atoms with Crippen molar-refractivity contribution < 1.29 is 14.0 Å². The molecule has 0 fully saturated rings. The van der Waals surface area contributed by atoms with Gasteiger partial charge >= 0.3 is 0 Å². The number of hydrogen-bond donors (Lipinski definition) is 0. The van der Waals surface area contributed by atoms with Gasteiger partial charge in [0.05, 0.1) is 6.54 Å².